The van der Waals surface area contributed by atoms with Crippen LogP contribution in [-0.2, 0) is 6.54 Å². The van der Waals surface area contributed by atoms with Crippen LogP contribution in [0.5, 0.6) is 0 Å². The molecule has 27 heavy (non-hydrogen) atoms. The highest BCUT2D eigenvalue weighted by Crippen LogP contribution is 2.37. The molecule has 1 aliphatic carbocycles. The molecular formula is C18H23F3N6. The van der Waals surface area contributed by atoms with Gasteiger partial charge in [0.05, 0.1) is 5.92 Å². The quantitative estimate of drug-likeness (QED) is 0.562. The molecule has 1 fully saturated rings. The lowest BCUT2D eigenvalue weighted by Crippen LogP contribution is -2.45. The van der Waals surface area contributed by atoms with Gasteiger partial charge >= 0.3 is 6.18 Å². The Morgan fingerprint density at radius 3 is 2.67 bits per heavy atom. The Morgan fingerprint density at radius 2 is 2.04 bits per heavy atom. The average molecular weight is 380 g/mol. The van der Waals surface area contributed by atoms with Crippen molar-refractivity contribution in [3.8, 4) is 11.4 Å². The van der Waals surface area contributed by atoms with E-state index in [-0.39, 0.29) is 18.9 Å². The molecule has 2 aromatic rings. The summed E-state index contributed by atoms with van der Waals surface area (Å²) in [5, 5.41) is 13.1. The van der Waals surface area contributed by atoms with Crippen LogP contribution in [0.2, 0.25) is 0 Å². The summed E-state index contributed by atoms with van der Waals surface area (Å²) in [6.07, 6.45) is -1.31. The van der Waals surface area contributed by atoms with Crippen LogP contribution in [0.1, 0.15) is 31.2 Å². The Balaban J connectivity index is 1.51. The topological polar surface area (TPSA) is 78.0 Å². The summed E-state index contributed by atoms with van der Waals surface area (Å²) in [7, 11) is 1.65. The zero-order chi connectivity index (χ0) is 19.3. The first-order valence-corrected chi connectivity index (χ1v) is 8.94. The van der Waals surface area contributed by atoms with Gasteiger partial charge in [0, 0.05) is 25.2 Å². The first-order chi connectivity index (χ1) is 13.0. The number of aliphatic imine (C=N–C) groups is 1. The number of hydrogen-bond donors (Lipinski definition) is 3. The number of nitrogens with zero attached hydrogens (tertiary/aromatic N) is 3. The molecule has 6 nitrogen and oxygen atoms in total. The van der Waals surface area contributed by atoms with Gasteiger partial charge in [-0.3, -0.25) is 10.1 Å². The molecule has 0 atom stereocenters. The molecule has 0 radical (unpaired) electrons. The SMILES string of the molecule is CN=C(NCc1cccc(-c2ncn[nH]2)c1)NC1CCC(C(F)(F)F)CC1. The van der Waals surface area contributed by atoms with Crippen LogP contribution in [-0.4, -0.2) is 40.4 Å². The summed E-state index contributed by atoms with van der Waals surface area (Å²) in [5.74, 6) is 0.112. The lowest BCUT2D eigenvalue weighted by molar-refractivity contribution is -0.182. The van der Waals surface area contributed by atoms with Crippen molar-refractivity contribution in [2.75, 3.05) is 7.05 Å². The van der Waals surface area contributed by atoms with Gasteiger partial charge in [-0.05, 0) is 37.3 Å². The molecule has 3 rings (SSSR count). The molecule has 1 aromatic carbocycles. The first-order valence-electron chi connectivity index (χ1n) is 8.94. The lowest BCUT2D eigenvalue weighted by atomic mass is 9.85. The van der Waals surface area contributed by atoms with E-state index in [0.717, 1.165) is 11.1 Å². The number of benzene rings is 1. The number of H-pyrrole nitrogens is 1. The number of nitrogens with one attached hydrogen (secondary N) is 3. The van der Waals surface area contributed by atoms with Crippen LogP contribution in [0.3, 0.4) is 0 Å². The van der Waals surface area contributed by atoms with E-state index in [4.69, 9.17) is 0 Å². The Kier molecular flexibility index (Phi) is 5.98. The molecule has 0 aliphatic heterocycles. The second-order valence-electron chi connectivity index (χ2n) is 6.69. The van der Waals surface area contributed by atoms with Crippen LogP contribution >= 0.6 is 0 Å². The largest absolute Gasteiger partial charge is 0.391 e. The van der Waals surface area contributed by atoms with E-state index in [2.05, 4.69) is 30.8 Å². The molecule has 0 unspecified atom stereocenters. The normalized spacial score (nSPS) is 21.1. The highest BCUT2D eigenvalue weighted by molar-refractivity contribution is 5.80. The van der Waals surface area contributed by atoms with Gasteiger partial charge in [0.15, 0.2) is 11.8 Å². The van der Waals surface area contributed by atoms with Crippen molar-refractivity contribution >= 4 is 5.96 Å². The highest BCUT2D eigenvalue weighted by Gasteiger charge is 2.41. The van der Waals surface area contributed by atoms with Crippen molar-refractivity contribution in [2.45, 2.75) is 44.4 Å². The summed E-state index contributed by atoms with van der Waals surface area (Å²) < 4.78 is 38.3. The maximum atomic E-state index is 12.8. The maximum absolute atomic E-state index is 12.8. The number of hydrogen-bond acceptors (Lipinski definition) is 3. The smallest absolute Gasteiger partial charge is 0.354 e. The monoisotopic (exact) mass is 380 g/mol. The Morgan fingerprint density at radius 1 is 1.26 bits per heavy atom. The third-order valence-electron chi connectivity index (χ3n) is 4.83. The minimum Gasteiger partial charge on any atom is -0.354 e. The minimum absolute atomic E-state index is 0.00956. The van der Waals surface area contributed by atoms with E-state index >= 15 is 0 Å². The first kappa shape index (κ1) is 19.2. The highest BCUT2D eigenvalue weighted by atomic mass is 19.4. The molecule has 0 spiro atoms. The summed E-state index contributed by atoms with van der Waals surface area (Å²) in [5.41, 5.74) is 1.97. The van der Waals surface area contributed by atoms with Crippen molar-refractivity contribution in [3.63, 3.8) is 0 Å². The Bertz CT molecular complexity index is 749. The van der Waals surface area contributed by atoms with Gasteiger partial charge in [0.25, 0.3) is 0 Å². The van der Waals surface area contributed by atoms with E-state index in [9.17, 15) is 13.2 Å². The molecule has 3 N–H and O–H groups in total. The van der Waals surface area contributed by atoms with E-state index < -0.39 is 12.1 Å². The van der Waals surface area contributed by atoms with Crippen molar-refractivity contribution in [2.24, 2.45) is 10.9 Å². The second kappa shape index (κ2) is 8.41. The zero-order valence-corrected chi connectivity index (χ0v) is 15.1. The van der Waals surface area contributed by atoms with Gasteiger partial charge in [-0.2, -0.15) is 18.3 Å². The number of halogens is 3. The predicted molar refractivity (Wildman–Crippen MR) is 97.0 cm³/mol. The average Bonchev–Trinajstić information content (AvgIpc) is 3.20. The molecule has 1 heterocycles. The number of aromatic amines is 1. The summed E-state index contributed by atoms with van der Waals surface area (Å²) in [4.78, 5) is 8.32. The van der Waals surface area contributed by atoms with Crippen LogP contribution in [0.4, 0.5) is 13.2 Å². The Labute approximate surface area is 155 Å². The number of rotatable bonds is 4. The van der Waals surface area contributed by atoms with Crippen molar-refractivity contribution in [1.29, 1.82) is 0 Å². The van der Waals surface area contributed by atoms with Crippen molar-refractivity contribution in [3.05, 3.63) is 36.2 Å². The molecule has 0 saturated heterocycles. The van der Waals surface area contributed by atoms with Crippen LogP contribution in [0.25, 0.3) is 11.4 Å². The van der Waals surface area contributed by atoms with Crippen molar-refractivity contribution in [1.82, 2.24) is 25.8 Å². The third kappa shape index (κ3) is 5.21. The number of alkyl halides is 3. The molecule has 1 aliphatic rings. The van der Waals surface area contributed by atoms with E-state index in [0.29, 0.717) is 31.2 Å². The van der Waals surface area contributed by atoms with Gasteiger partial charge in [-0.1, -0.05) is 18.2 Å². The predicted octanol–water partition coefficient (Wildman–Crippen LogP) is 3.26. The fourth-order valence-corrected chi connectivity index (χ4v) is 3.31. The van der Waals surface area contributed by atoms with Crippen LogP contribution in [0, 0.1) is 5.92 Å². The van der Waals surface area contributed by atoms with Gasteiger partial charge < -0.3 is 10.6 Å². The second-order valence-corrected chi connectivity index (χ2v) is 6.69. The molecule has 1 saturated carbocycles. The third-order valence-corrected chi connectivity index (χ3v) is 4.83. The molecule has 9 heteroatoms. The van der Waals surface area contributed by atoms with Crippen molar-refractivity contribution < 1.29 is 13.2 Å². The molecule has 146 valence electrons. The number of guanidine groups is 1. The summed E-state index contributed by atoms with van der Waals surface area (Å²) >= 11 is 0. The zero-order valence-electron chi connectivity index (χ0n) is 15.1. The van der Waals surface area contributed by atoms with Gasteiger partial charge in [-0.15, -0.1) is 0 Å². The number of aromatic nitrogens is 3. The van der Waals surface area contributed by atoms with Gasteiger partial charge in [0.1, 0.15) is 6.33 Å². The van der Waals surface area contributed by atoms with Crippen LogP contribution in [0.15, 0.2) is 35.6 Å². The Hall–Kier alpha value is -2.58. The molecule has 1 aromatic heterocycles. The fraction of sp³-hybridized carbons (Fsp3) is 0.500. The van der Waals surface area contributed by atoms with Gasteiger partial charge in [-0.25, -0.2) is 4.98 Å². The van der Waals surface area contributed by atoms with Crippen LogP contribution < -0.4 is 10.6 Å². The molecule has 0 bridgehead atoms. The minimum atomic E-state index is -4.08. The summed E-state index contributed by atoms with van der Waals surface area (Å²) in [6.45, 7) is 0.541. The fourth-order valence-electron chi connectivity index (χ4n) is 3.31. The van der Waals surface area contributed by atoms with E-state index in [1.807, 2.05) is 24.3 Å². The standard InChI is InChI=1S/C18H23F3N6/c1-22-17(26-15-7-5-14(6-8-15)18(19,20)21)23-10-12-3-2-4-13(9-12)16-24-11-25-27-16/h2-4,9,11,14-15H,5-8,10H2,1H3,(H2,22,23,26)(H,24,25,27). The lowest BCUT2D eigenvalue weighted by Gasteiger charge is -2.31. The maximum Gasteiger partial charge on any atom is 0.391 e. The van der Waals surface area contributed by atoms with Gasteiger partial charge in [0.2, 0.25) is 0 Å². The van der Waals surface area contributed by atoms with E-state index in [1.165, 1.54) is 6.33 Å². The van der Waals surface area contributed by atoms with E-state index in [1.54, 1.807) is 7.05 Å². The summed E-state index contributed by atoms with van der Waals surface area (Å²) in [6, 6.07) is 7.86. The molecule has 0 amide bonds. The molecular weight excluding hydrogens is 357 g/mol.